The lowest BCUT2D eigenvalue weighted by Crippen LogP contribution is -2.33. The smallest absolute Gasteiger partial charge is 0.185 e. The minimum Gasteiger partial charge on any atom is -0.394 e. The number of imidazole rings is 1. The molecule has 0 spiro atoms. The van der Waals surface area contributed by atoms with Gasteiger partial charge in [0.15, 0.2) is 29.0 Å². The van der Waals surface area contributed by atoms with Crippen LogP contribution in [0.5, 0.6) is 0 Å². The zero-order valence-electron chi connectivity index (χ0n) is 14.8. The molecule has 3 aromatic rings. The Morgan fingerprint density at radius 2 is 2.11 bits per heavy atom. The molecule has 12 nitrogen and oxygen atoms in total. The van der Waals surface area contributed by atoms with Crippen LogP contribution in [0, 0.1) is 0 Å². The highest BCUT2D eigenvalue weighted by Crippen LogP contribution is 2.34. The van der Waals surface area contributed by atoms with Gasteiger partial charge < -0.3 is 25.4 Å². The molecule has 1 saturated carbocycles. The molecule has 28 heavy (non-hydrogen) atoms. The van der Waals surface area contributed by atoms with Crippen molar-refractivity contribution < 1.29 is 20.1 Å². The summed E-state index contributed by atoms with van der Waals surface area (Å²) < 4.78 is 7.17. The standard InChI is InChI=1S/C16H20N8O4/c25-5-9-11(26)12(27)16(28-9)24-6-17-10-14(19-7-2-1-3-7)20-13(21-15(10)24)8-4-18-23-22-8/h4,6-7,9,11-12,16,25-27H,1-3,5H2,(H,18,22,23)(H,19,20,21)/t9-,11-,12-,16-/m1/s1. The Morgan fingerprint density at radius 1 is 1.25 bits per heavy atom. The molecule has 1 aliphatic heterocycles. The third kappa shape index (κ3) is 2.73. The van der Waals surface area contributed by atoms with Crippen LogP contribution in [-0.2, 0) is 4.74 Å². The zero-order valence-corrected chi connectivity index (χ0v) is 14.8. The van der Waals surface area contributed by atoms with E-state index in [0.717, 1.165) is 12.8 Å². The van der Waals surface area contributed by atoms with Crippen LogP contribution in [0.3, 0.4) is 0 Å². The van der Waals surface area contributed by atoms with E-state index in [1.165, 1.54) is 23.5 Å². The predicted octanol–water partition coefficient (Wildman–Crippen LogP) is -0.813. The van der Waals surface area contributed by atoms with Gasteiger partial charge in [0.05, 0.1) is 19.1 Å². The van der Waals surface area contributed by atoms with Gasteiger partial charge in [-0.1, -0.05) is 0 Å². The molecule has 5 N–H and O–H groups in total. The number of aliphatic hydroxyl groups excluding tert-OH is 3. The first-order chi connectivity index (χ1) is 13.7. The summed E-state index contributed by atoms with van der Waals surface area (Å²) in [6.07, 6.45) is 2.01. The molecular formula is C16H20N8O4. The van der Waals surface area contributed by atoms with Gasteiger partial charge in [0.25, 0.3) is 0 Å². The van der Waals surface area contributed by atoms with Gasteiger partial charge in [-0.25, -0.2) is 15.0 Å². The summed E-state index contributed by atoms with van der Waals surface area (Å²) >= 11 is 0. The summed E-state index contributed by atoms with van der Waals surface area (Å²) in [4.78, 5) is 13.5. The summed E-state index contributed by atoms with van der Waals surface area (Å²) in [5.74, 6) is 0.912. The second kappa shape index (κ2) is 6.74. The normalized spacial score (nSPS) is 28.0. The fraction of sp³-hybridized carbons (Fsp3) is 0.562. The maximum atomic E-state index is 10.4. The van der Waals surface area contributed by atoms with E-state index >= 15 is 0 Å². The minimum atomic E-state index is -1.23. The number of aromatic nitrogens is 7. The molecule has 5 rings (SSSR count). The van der Waals surface area contributed by atoms with Crippen molar-refractivity contribution in [1.29, 1.82) is 0 Å². The third-order valence-electron chi connectivity index (χ3n) is 5.30. The first kappa shape index (κ1) is 17.4. The van der Waals surface area contributed by atoms with Gasteiger partial charge in [0.1, 0.15) is 24.0 Å². The van der Waals surface area contributed by atoms with Gasteiger partial charge >= 0.3 is 0 Å². The number of hydrogen-bond acceptors (Lipinski definition) is 10. The summed E-state index contributed by atoms with van der Waals surface area (Å²) in [5.41, 5.74) is 1.41. The van der Waals surface area contributed by atoms with E-state index in [0.29, 0.717) is 34.5 Å². The summed E-state index contributed by atoms with van der Waals surface area (Å²) in [6.45, 7) is -0.408. The van der Waals surface area contributed by atoms with Crippen LogP contribution in [0.4, 0.5) is 5.82 Å². The van der Waals surface area contributed by atoms with Crippen molar-refractivity contribution in [1.82, 2.24) is 34.9 Å². The quantitative estimate of drug-likeness (QED) is 0.373. The zero-order chi connectivity index (χ0) is 19.3. The maximum absolute atomic E-state index is 10.4. The van der Waals surface area contributed by atoms with E-state index in [9.17, 15) is 15.3 Å². The van der Waals surface area contributed by atoms with E-state index < -0.39 is 31.1 Å². The van der Waals surface area contributed by atoms with Crippen molar-refractivity contribution in [2.45, 2.75) is 49.8 Å². The monoisotopic (exact) mass is 388 g/mol. The molecule has 2 aliphatic rings. The van der Waals surface area contributed by atoms with Gasteiger partial charge in [-0.3, -0.25) is 4.57 Å². The highest BCUT2D eigenvalue weighted by molar-refractivity contribution is 5.85. The first-order valence-electron chi connectivity index (χ1n) is 9.15. The highest BCUT2D eigenvalue weighted by atomic mass is 16.6. The summed E-state index contributed by atoms with van der Waals surface area (Å²) in [5, 5.41) is 43.6. The van der Waals surface area contributed by atoms with E-state index in [4.69, 9.17) is 4.74 Å². The van der Waals surface area contributed by atoms with E-state index in [-0.39, 0.29) is 0 Å². The number of anilines is 1. The van der Waals surface area contributed by atoms with Crippen LogP contribution >= 0.6 is 0 Å². The lowest BCUT2D eigenvalue weighted by atomic mass is 9.93. The van der Waals surface area contributed by atoms with Crippen molar-refractivity contribution in [2.75, 3.05) is 11.9 Å². The predicted molar refractivity (Wildman–Crippen MR) is 95.0 cm³/mol. The Hall–Kier alpha value is -2.67. The topological polar surface area (TPSA) is 167 Å². The van der Waals surface area contributed by atoms with Crippen LogP contribution in [-0.4, -0.2) is 81.2 Å². The number of nitrogens with one attached hydrogen (secondary N) is 2. The van der Waals surface area contributed by atoms with Crippen molar-refractivity contribution in [3.05, 3.63) is 12.5 Å². The fourth-order valence-electron chi connectivity index (χ4n) is 3.48. The molecular weight excluding hydrogens is 368 g/mol. The van der Waals surface area contributed by atoms with Crippen molar-refractivity contribution >= 4 is 17.0 Å². The van der Waals surface area contributed by atoms with Crippen molar-refractivity contribution in [2.24, 2.45) is 0 Å². The van der Waals surface area contributed by atoms with Crippen molar-refractivity contribution in [3.63, 3.8) is 0 Å². The molecule has 0 bridgehead atoms. The third-order valence-corrected chi connectivity index (χ3v) is 5.30. The number of aliphatic hydroxyl groups is 3. The number of nitrogens with zero attached hydrogens (tertiary/aromatic N) is 6. The lowest BCUT2D eigenvalue weighted by molar-refractivity contribution is -0.0511. The van der Waals surface area contributed by atoms with Crippen LogP contribution in [0.2, 0.25) is 0 Å². The molecule has 3 aromatic heterocycles. The van der Waals surface area contributed by atoms with E-state index in [1.807, 2.05) is 0 Å². The molecule has 0 unspecified atom stereocenters. The van der Waals surface area contributed by atoms with Gasteiger partial charge in [0, 0.05) is 6.04 Å². The number of ether oxygens (including phenoxy) is 1. The number of aromatic amines is 1. The molecule has 12 heteroatoms. The average Bonchev–Trinajstić information content (AvgIpc) is 3.39. The molecule has 148 valence electrons. The SMILES string of the molecule is OC[C@H]1O[C@@H](n2cnc3c(NC4CCC4)nc(-c4cn[nH]n4)nc32)[C@H](O)[C@@H]1O. The largest absolute Gasteiger partial charge is 0.394 e. The van der Waals surface area contributed by atoms with Gasteiger partial charge in [-0.2, -0.15) is 15.4 Å². The number of fused-ring (bicyclic) bond motifs is 1. The first-order valence-corrected chi connectivity index (χ1v) is 9.15. The van der Waals surface area contributed by atoms with Crippen LogP contribution in [0.1, 0.15) is 25.5 Å². The van der Waals surface area contributed by atoms with Crippen molar-refractivity contribution in [3.8, 4) is 11.5 Å². The van der Waals surface area contributed by atoms with Gasteiger partial charge in [0.2, 0.25) is 0 Å². The molecule has 1 aliphatic carbocycles. The highest BCUT2D eigenvalue weighted by Gasteiger charge is 2.44. The average molecular weight is 388 g/mol. The molecule has 4 atom stereocenters. The lowest BCUT2D eigenvalue weighted by Gasteiger charge is -2.27. The second-order valence-electron chi connectivity index (χ2n) is 7.08. The second-order valence-corrected chi connectivity index (χ2v) is 7.08. The maximum Gasteiger partial charge on any atom is 0.185 e. The Bertz CT molecular complexity index is 973. The molecule has 1 saturated heterocycles. The molecule has 0 radical (unpaired) electrons. The number of H-pyrrole nitrogens is 1. The van der Waals surface area contributed by atoms with Gasteiger partial charge in [-0.15, -0.1) is 0 Å². The number of rotatable bonds is 5. The molecule has 4 heterocycles. The molecule has 0 amide bonds. The van der Waals surface area contributed by atoms with Crippen LogP contribution < -0.4 is 5.32 Å². The Kier molecular flexibility index (Phi) is 4.19. The summed E-state index contributed by atoms with van der Waals surface area (Å²) in [6, 6.07) is 0.322. The molecule has 2 fully saturated rings. The Balaban J connectivity index is 1.61. The Morgan fingerprint density at radius 3 is 2.75 bits per heavy atom. The summed E-state index contributed by atoms with van der Waals surface area (Å²) in [7, 11) is 0. The number of hydrogen-bond donors (Lipinski definition) is 5. The minimum absolute atomic E-state index is 0.322. The van der Waals surface area contributed by atoms with Crippen LogP contribution in [0.25, 0.3) is 22.7 Å². The van der Waals surface area contributed by atoms with E-state index in [1.54, 1.807) is 0 Å². The van der Waals surface area contributed by atoms with E-state index in [2.05, 4.69) is 35.7 Å². The Labute approximate surface area is 158 Å². The van der Waals surface area contributed by atoms with Gasteiger partial charge in [-0.05, 0) is 19.3 Å². The van der Waals surface area contributed by atoms with Crippen LogP contribution in [0.15, 0.2) is 12.5 Å². The molecule has 0 aromatic carbocycles. The fourth-order valence-corrected chi connectivity index (χ4v) is 3.48.